The van der Waals surface area contributed by atoms with Gasteiger partial charge in [-0.2, -0.15) is 0 Å². The first kappa shape index (κ1) is 14.8. The van der Waals surface area contributed by atoms with Gasteiger partial charge in [-0.25, -0.2) is 4.79 Å². The maximum atomic E-state index is 12.4. The highest BCUT2D eigenvalue weighted by atomic mass is 16.6. The van der Waals surface area contributed by atoms with E-state index in [1.807, 2.05) is 13.8 Å². The van der Waals surface area contributed by atoms with Gasteiger partial charge in [-0.05, 0) is 74.8 Å². The summed E-state index contributed by atoms with van der Waals surface area (Å²) >= 11 is 0. The average molecular weight is 327 g/mol. The minimum atomic E-state index is -0.293. The van der Waals surface area contributed by atoms with E-state index in [1.54, 1.807) is 0 Å². The van der Waals surface area contributed by atoms with Crippen molar-refractivity contribution >= 4 is 11.8 Å². The Morgan fingerprint density at radius 3 is 2.62 bits per heavy atom. The molecule has 3 aliphatic carbocycles. The highest BCUT2D eigenvalue weighted by Gasteiger charge is 2.67. The van der Waals surface area contributed by atoms with Gasteiger partial charge in [0.25, 0.3) is 0 Å². The maximum Gasteiger partial charge on any atom is 0.411 e. The van der Waals surface area contributed by atoms with Crippen LogP contribution in [0.3, 0.4) is 0 Å². The predicted octanol–water partition coefficient (Wildman–Crippen LogP) is 3.97. The van der Waals surface area contributed by atoms with Gasteiger partial charge in [0.05, 0.1) is 12.2 Å². The average Bonchev–Trinajstić information content (AvgIpc) is 2.88. The molecule has 0 radical (unpaired) electrons. The number of benzene rings is 1. The molecular weight excluding hydrogens is 302 g/mol. The topological polar surface area (TPSA) is 50.9 Å². The third-order valence-electron chi connectivity index (χ3n) is 6.84. The lowest BCUT2D eigenvalue weighted by Crippen LogP contribution is -2.35. The largest absolute Gasteiger partial charge is 0.446 e. The molecule has 3 saturated carbocycles. The second kappa shape index (κ2) is 4.98. The molecule has 4 heteroatoms. The minimum absolute atomic E-state index is 0.0970. The number of hydrogen-bond acceptors (Lipinski definition) is 3. The Labute approximate surface area is 142 Å². The van der Waals surface area contributed by atoms with Crippen LogP contribution in [0.1, 0.15) is 36.0 Å². The van der Waals surface area contributed by atoms with Crippen molar-refractivity contribution < 1.29 is 14.3 Å². The van der Waals surface area contributed by atoms with Crippen molar-refractivity contribution in [3.63, 3.8) is 0 Å². The quantitative estimate of drug-likeness (QED) is 0.836. The number of carbonyl (C=O) groups is 1. The number of carbonyl (C=O) groups excluding carboxylic acids is 1. The molecule has 24 heavy (non-hydrogen) atoms. The first-order chi connectivity index (χ1) is 11.5. The minimum Gasteiger partial charge on any atom is -0.446 e. The highest BCUT2D eigenvalue weighted by molar-refractivity contribution is 5.87. The molecule has 5 rings (SSSR count). The van der Waals surface area contributed by atoms with E-state index >= 15 is 0 Å². The number of fused-ring (bicyclic) bond motifs is 7. The number of amides is 1. The molecule has 1 N–H and O–H groups in total. The standard InChI is InChI=1S/C20H25NO3/c1-9-4-10(2)18(11(3)5-9)21-20(22)24-15-7-12-6-13(15)14-8-16-19(23-16)17(12)14/h4-5,12-17,19H,6-8H2,1-3H3,(H,21,22)/t12-,13+,14+,15-,16+,17+,19-/m1/s1. The molecule has 128 valence electrons. The van der Waals surface area contributed by atoms with Crippen LogP contribution in [0, 0.1) is 44.4 Å². The smallest absolute Gasteiger partial charge is 0.411 e. The molecule has 0 unspecified atom stereocenters. The van der Waals surface area contributed by atoms with Gasteiger partial charge in [0, 0.05) is 5.69 Å². The predicted molar refractivity (Wildman–Crippen MR) is 91.0 cm³/mol. The van der Waals surface area contributed by atoms with E-state index in [4.69, 9.17) is 9.47 Å². The Balaban J connectivity index is 1.26. The molecule has 1 heterocycles. The van der Waals surface area contributed by atoms with E-state index in [0.717, 1.165) is 35.1 Å². The van der Waals surface area contributed by atoms with E-state index < -0.39 is 0 Å². The Morgan fingerprint density at radius 2 is 1.88 bits per heavy atom. The Kier molecular flexibility index (Phi) is 3.06. The molecule has 4 nitrogen and oxygen atoms in total. The summed E-state index contributed by atoms with van der Waals surface area (Å²) in [6.07, 6.45) is 4.31. The molecule has 2 bridgehead atoms. The molecule has 7 atom stereocenters. The fourth-order valence-corrected chi connectivity index (χ4v) is 6.05. The number of ether oxygens (including phenoxy) is 2. The highest BCUT2D eigenvalue weighted by Crippen LogP contribution is 2.64. The van der Waals surface area contributed by atoms with Gasteiger partial charge < -0.3 is 9.47 Å². The molecule has 0 spiro atoms. The number of nitrogens with one attached hydrogen (secondary N) is 1. The molecule has 1 aromatic carbocycles. The zero-order valence-corrected chi connectivity index (χ0v) is 14.5. The van der Waals surface area contributed by atoms with Gasteiger partial charge in [0.1, 0.15) is 6.10 Å². The van der Waals surface area contributed by atoms with Crippen LogP contribution in [0.15, 0.2) is 12.1 Å². The zero-order chi connectivity index (χ0) is 16.6. The Bertz CT molecular complexity index is 692. The maximum absolute atomic E-state index is 12.4. The van der Waals surface area contributed by atoms with Gasteiger partial charge in [-0.15, -0.1) is 0 Å². The first-order valence-electron chi connectivity index (χ1n) is 9.22. The summed E-state index contributed by atoms with van der Waals surface area (Å²) in [6.45, 7) is 6.13. The van der Waals surface area contributed by atoms with Crippen LogP contribution in [0.2, 0.25) is 0 Å². The van der Waals surface area contributed by atoms with E-state index in [0.29, 0.717) is 24.0 Å². The number of anilines is 1. The van der Waals surface area contributed by atoms with Crippen LogP contribution in [-0.2, 0) is 9.47 Å². The third-order valence-corrected chi connectivity index (χ3v) is 6.84. The second-order valence-corrected chi connectivity index (χ2v) is 8.35. The Hall–Kier alpha value is -1.55. The van der Waals surface area contributed by atoms with Gasteiger partial charge in [-0.3, -0.25) is 5.32 Å². The van der Waals surface area contributed by atoms with Gasteiger partial charge in [0.15, 0.2) is 0 Å². The number of aryl methyl sites for hydroxylation is 3. The molecule has 0 aromatic heterocycles. The van der Waals surface area contributed by atoms with Crippen LogP contribution in [0.25, 0.3) is 0 Å². The van der Waals surface area contributed by atoms with Crippen LogP contribution in [0.4, 0.5) is 10.5 Å². The summed E-state index contributed by atoms with van der Waals surface area (Å²) < 4.78 is 11.6. The molecule has 4 fully saturated rings. The van der Waals surface area contributed by atoms with Crippen molar-refractivity contribution in [3.05, 3.63) is 28.8 Å². The molecular formula is C20H25NO3. The lowest BCUT2D eigenvalue weighted by atomic mass is 9.79. The monoisotopic (exact) mass is 327 g/mol. The zero-order valence-electron chi connectivity index (χ0n) is 14.5. The summed E-state index contributed by atoms with van der Waals surface area (Å²) in [7, 11) is 0. The van der Waals surface area contributed by atoms with E-state index in [2.05, 4.69) is 24.4 Å². The molecule has 1 aliphatic heterocycles. The fraction of sp³-hybridized carbons (Fsp3) is 0.650. The summed E-state index contributed by atoms with van der Waals surface area (Å²) in [5.74, 6) is 2.75. The van der Waals surface area contributed by atoms with Crippen molar-refractivity contribution in [2.45, 2.75) is 58.3 Å². The van der Waals surface area contributed by atoms with Crippen LogP contribution in [-0.4, -0.2) is 24.4 Å². The number of epoxide rings is 1. The second-order valence-electron chi connectivity index (χ2n) is 8.35. The summed E-state index contributed by atoms with van der Waals surface area (Å²) in [4.78, 5) is 12.4. The fourth-order valence-electron chi connectivity index (χ4n) is 6.05. The van der Waals surface area contributed by atoms with Crippen molar-refractivity contribution in [2.75, 3.05) is 5.32 Å². The number of rotatable bonds is 2. The molecule has 1 aromatic rings. The SMILES string of the molecule is Cc1cc(C)c(NC(=O)O[C@@H]2C[C@H]3C[C@H]2[C@@H]2C[C@@H]4O[C@H]4[C@@H]32)c(C)c1. The molecule has 1 amide bonds. The van der Waals surface area contributed by atoms with E-state index in [1.165, 1.54) is 18.4 Å². The normalized spacial score (nSPS) is 41.0. The van der Waals surface area contributed by atoms with Crippen molar-refractivity contribution in [2.24, 2.45) is 23.7 Å². The van der Waals surface area contributed by atoms with Crippen molar-refractivity contribution in [1.82, 2.24) is 0 Å². The molecule has 4 aliphatic rings. The van der Waals surface area contributed by atoms with Crippen LogP contribution in [0.5, 0.6) is 0 Å². The van der Waals surface area contributed by atoms with Gasteiger partial charge in [0.2, 0.25) is 0 Å². The lowest BCUT2D eigenvalue weighted by Gasteiger charge is -2.32. The summed E-state index contributed by atoms with van der Waals surface area (Å²) in [5, 5.41) is 2.98. The van der Waals surface area contributed by atoms with E-state index in [9.17, 15) is 4.79 Å². The summed E-state index contributed by atoms with van der Waals surface area (Å²) in [6, 6.07) is 4.19. The van der Waals surface area contributed by atoms with Crippen molar-refractivity contribution in [1.29, 1.82) is 0 Å². The third kappa shape index (κ3) is 2.12. The van der Waals surface area contributed by atoms with Gasteiger partial charge >= 0.3 is 6.09 Å². The first-order valence-corrected chi connectivity index (χ1v) is 9.22. The van der Waals surface area contributed by atoms with Gasteiger partial charge in [-0.1, -0.05) is 17.7 Å². The molecule has 1 saturated heterocycles. The number of hydrogen-bond donors (Lipinski definition) is 1. The summed E-state index contributed by atoms with van der Waals surface area (Å²) in [5.41, 5.74) is 4.28. The van der Waals surface area contributed by atoms with E-state index in [-0.39, 0.29) is 12.2 Å². The van der Waals surface area contributed by atoms with Crippen molar-refractivity contribution in [3.8, 4) is 0 Å². The van der Waals surface area contributed by atoms with Crippen LogP contribution >= 0.6 is 0 Å². The van der Waals surface area contributed by atoms with Crippen LogP contribution < -0.4 is 5.32 Å². The lowest BCUT2D eigenvalue weighted by molar-refractivity contribution is 0.0251. The Morgan fingerprint density at radius 1 is 1.12 bits per heavy atom.